The van der Waals surface area contributed by atoms with Crippen molar-refractivity contribution in [1.82, 2.24) is 4.90 Å². The van der Waals surface area contributed by atoms with Crippen LogP contribution in [0.5, 0.6) is 0 Å². The maximum absolute atomic E-state index is 11.4. The number of carbonyl (C=O) groups is 3. The molecule has 1 unspecified atom stereocenters. The monoisotopic (exact) mass is 229 g/mol. The average Bonchev–Trinajstić information content (AvgIpc) is 2.64. The van der Waals surface area contributed by atoms with Gasteiger partial charge in [-0.25, -0.2) is 4.79 Å². The Hall–Kier alpha value is -1.59. The number of ether oxygens (including phenoxy) is 1. The van der Waals surface area contributed by atoms with E-state index in [9.17, 15) is 14.4 Å². The second kappa shape index (κ2) is 5.48. The SMILES string of the molecule is COC(=O)CCC(C(=O)O)N1CCCC1=O. The van der Waals surface area contributed by atoms with E-state index in [4.69, 9.17) is 5.11 Å². The van der Waals surface area contributed by atoms with Crippen LogP contribution in [0.4, 0.5) is 0 Å². The molecule has 0 spiro atoms. The van der Waals surface area contributed by atoms with Gasteiger partial charge < -0.3 is 14.7 Å². The van der Waals surface area contributed by atoms with Crippen LogP contribution in [0.3, 0.4) is 0 Å². The minimum Gasteiger partial charge on any atom is -0.480 e. The summed E-state index contributed by atoms with van der Waals surface area (Å²) in [5, 5.41) is 8.99. The lowest BCUT2D eigenvalue weighted by molar-refractivity contribution is -0.149. The molecule has 1 N–H and O–H groups in total. The van der Waals surface area contributed by atoms with Crippen molar-refractivity contribution in [2.45, 2.75) is 31.7 Å². The number of methoxy groups -OCH3 is 1. The largest absolute Gasteiger partial charge is 0.480 e. The molecule has 6 nitrogen and oxygen atoms in total. The summed E-state index contributed by atoms with van der Waals surface area (Å²) >= 11 is 0. The summed E-state index contributed by atoms with van der Waals surface area (Å²) in [5.74, 6) is -1.69. The van der Waals surface area contributed by atoms with E-state index < -0.39 is 18.0 Å². The first kappa shape index (κ1) is 12.5. The predicted molar refractivity (Wildman–Crippen MR) is 53.6 cm³/mol. The number of carboxylic acids is 1. The molecule has 0 bridgehead atoms. The Morgan fingerprint density at radius 2 is 2.25 bits per heavy atom. The van der Waals surface area contributed by atoms with Gasteiger partial charge in [-0.15, -0.1) is 0 Å². The fourth-order valence-corrected chi connectivity index (χ4v) is 1.77. The zero-order valence-corrected chi connectivity index (χ0v) is 9.14. The van der Waals surface area contributed by atoms with Crippen molar-refractivity contribution in [3.05, 3.63) is 0 Å². The zero-order valence-electron chi connectivity index (χ0n) is 9.14. The molecule has 90 valence electrons. The number of nitrogens with zero attached hydrogens (tertiary/aromatic N) is 1. The van der Waals surface area contributed by atoms with E-state index in [1.165, 1.54) is 12.0 Å². The third-order valence-corrected chi connectivity index (χ3v) is 2.62. The molecule has 0 aromatic heterocycles. The third-order valence-electron chi connectivity index (χ3n) is 2.62. The second-order valence-electron chi connectivity index (χ2n) is 3.66. The Morgan fingerprint density at radius 1 is 1.56 bits per heavy atom. The quantitative estimate of drug-likeness (QED) is 0.671. The molecule has 0 saturated carbocycles. The van der Waals surface area contributed by atoms with E-state index in [0.29, 0.717) is 19.4 Å². The van der Waals surface area contributed by atoms with Gasteiger partial charge in [0.05, 0.1) is 7.11 Å². The lowest BCUT2D eigenvalue weighted by atomic mass is 10.1. The van der Waals surface area contributed by atoms with Gasteiger partial charge in [0.2, 0.25) is 5.91 Å². The molecule has 1 amide bonds. The Kier molecular flexibility index (Phi) is 4.28. The van der Waals surface area contributed by atoms with E-state index in [1.54, 1.807) is 0 Å². The highest BCUT2D eigenvalue weighted by molar-refractivity contribution is 5.85. The van der Waals surface area contributed by atoms with Crippen LogP contribution in [0.25, 0.3) is 0 Å². The standard InChI is InChI=1S/C10H15NO5/c1-16-9(13)5-4-7(10(14)15)11-6-2-3-8(11)12/h7H,2-6H2,1H3,(H,14,15). The minimum absolute atomic E-state index is 0.0112. The Balaban J connectivity index is 2.57. The molecule has 0 aromatic carbocycles. The van der Waals surface area contributed by atoms with Gasteiger partial charge in [0.1, 0.15) is 6.04 Å². The Bertz CT molecular complexity index is 302. The van der Waals surface area contributed by atoms with Crippen LogP contribution >= 0.6 is 0 Å². The molecule has 0 radical (unpaired) electrons. The topological polar surface area (TPSA) is 83.9 Å². The van der Waals surface area contributed by atoms with Crippen LogP contribution in [-0.2, 0) is 19.1 Å². The molecule has 1 aliphatic heterocycles. The van der Waals surface area contributed by atoms with E-state index in [2.05, 4.69) is 4.74 Å². The van der Waals surface area contributed by atoms with Crippen molar-refractivity contribution in [3.8, 4) is 0 Å². The first-order chi connectivity index (χ1) is 7.56. The lowest BCUT2D eigenvalue weighted by Gasteiger charge is -2.23. The molecular weight excluding hydrogens is 214 g/mol. The zero-order chi connectivity index (χ0) is 12.1. The smallest absolute Gasteiger partial charge is 0.326 e. The van der Waals surface area contributed by atoms with E-state index in [0.717, 1.165) is 0 Å². The molecule has 1 saturated heterocycles. The van der Waals surface area contributed by atoms with Gasteiger partial charge in [-0.1, -0.05) is 0 Å². The Morgan fingerprint density at radius 3 is 2.69 bits per heavy atom. The molecule has 6 heteroatoms. The highest BCUT2D eigenvalue weighted by Crippen LogP contribution is 2.17. The first-order valence-electron chi connectivity index (χ1n) is 5.15. The maximum atomic E-state index is 11.4. The van der Waals surface area contributed by atoms with Crippen LogP contribution in [-0.4, -0.2) is 47.5 Å². The van der Waals surface area contributed by atoms with Crippen LogP contribution in [0.15, 0.2) is 0 Å². The number of esters is 1. The number of rotatable bonds is 5. The van der Waals surface area contributed by atoms with E-state index in [-0.39, 0.29) is 18.7 Å². The van der Waals surface area contributed by atoms with Crippen LogP contribution in [0, 0.1) is 0 Å². The molecule has 1 aliphatic rings. The predicted octanol–water partition coefficient (Wildman–Crippen LogP) is 0.0152. The summed E-state index contributed by atoms with van der Waals surface area (Å²) in [4.78, 5) is 34.6. The van der Waals surface area contributed by atoms with Gasteiger partial charge in [0, 0.05) is 19.4 Å². The molecule has 1 rings (SSSR count). The van der Waals surface area contributed by atoms with Gasteiger partial charge in [-0.05, 0) is 12.8 Å². The number of likely N-dealkylation sites (tertiary alicyclic amines) is 1. The van der Waals surface area contributed by atoms with Crippen molar-refractivity contribution in [3.63, 3.8) is 0 Å². The fourth-order valence-electron chi connectivity index (χ4n) is 1.77. The minimum atomic E-state index is -1.07. The van der Waals surface area contributed by atoms with Gasteiger partial charge >= 0.3 is 11.9 Å². The number of hydrogen-bond acceptors (Lipinski definition) is 4. The summed E-state index contributed by atoms with van der Waals surface area (Å²) in [6, 6.07) is -0.908. The molecule has 0 aliphatic carbocycles. The normalized spacial score (nSPS) is 17.3. The first-order valence-corrected chi connectivity index (χ1v) is 5.15. The number of aliphatic carboxylic acids is 1. The van der Waals surface area contributed by atoms with Crippen molar-refractivity contribution in [1.29, 1.82) is 0 Å². The average molecular weight is 229 g/mol. The third kappa shape index (κ3) is 2.95. The number of carbonyl (C=O) groups excluding carboxylic acids is 2. The van der Waals surface area contributed by atoms with Crippen LogP contribution < -0.4 is 0 Å². The van der Waals surface area contributed by atoms with Crippen LogP contribution in [0.2, 0.25) is 0 Å². The molecule has 16 heavy (non-hydrogen) atoms. The fraction of sp³-hybridized carbons (Fsp3) is 0.700. The summed E-state index contributed by atoms with van der Waals surface area (Å²) < 4.78 is 4.43. The number of hydrogen-bond donors (Lipinski definition) is 1. The summed E-state index contributed by atoms with van der Waals surface area (Å²) in [7, 11) is 1.25. The molecule has 1 heterocycles. The maximum Gasteiger partial charge on any atom is 0.326 e. The Labute approximate surface area is 93.2 Å². The molecule has 1 atom stereocenters. The highest BCUT2D eigenvalue weighted by atomic mass is 16.5. The van der Waals surface area contributed by atoms with Crippen molar-refractivity contribution in [2.24, 2.45) is 0 Å². The second-order valence-corrected chi connectivity index (χ2v) is 3.66. The van der Waals surface area contributed by atoms with E-state index >= 15 is 0 Å². The van der Waals surface area contributed by atoms with Gasteiger partial charge in [-0.2, -0.15) is 0 Å². The lowest BCUT2D eigenvalue weighted by Crippen LogP contribution is -2.42. The van der Waals surface area contributed by atoms with Gasteiger partial charge in [0.15, 0.2) is 0 Å². The van der Waals surface area contributed by atoms with Crippen molar-refractivity contribution in [2.75, 3.05) is 13.7 Å². The van der Waals surface area contributed by atoms with E-state index in [1.807, 2.05) is 0 Å². The summed E-state index contributed by atoms with van der Waals surface area (Å²) in [5.41, 5.74) is 0. The molecular formula is C10H15NO5. The molecule has 0 aromatic rings. The van der Waals surface area contributed by atoms with Gasteiger partial charge in [-0.3, -0.25) is 9.59 Å². The number of amides is 1. The van der Waals surface area contributed by atoms with Gasteiger partial charge in [0.25, 0.3) is 0 Å². The summed E-state index contributed by atoms with van der Waals surface area (Å²) in [6.07, 6.45) is 1.19. The number of carboxylic acid groups (broad SMARTS) is 1. The highest BCUT2D eigenvalue weighted by Gasteiger charge is 2.32. The van der Waals surface area contributed by atoms with Crippen molar-refractivity contribution < 1.29 is 24.2 Å². The van der Waals surface area contributed by atoms with Crippen molar-refractivity contribution >= 4 is 17.8 Å². The summed E-state index contributed by atoms with van der Waals surface area (Å²) in [6.45, 7) is 0.455. The molecule has 1 fully saturated rings. The van der Waals surface area contributed by atoms with Crippen LogP contribution in [0.1, 0.15) is 25.7 Å².